The smallest absolute Gasteiger partial charge is 0.300 e. The molecule has 0 aliphatic carbocycles. The van der Waals surface area contributed by atoms with Gasteiger partial charge in [0, 0.05) is 19.6 Å². The number of nitro benzene ring substituents is 1. The van der Waals surface area contributed by atoms with Crippen molar-refractivity contribution in [2.24, 2.45) is 0 Å². The number of morpholine rings is 1. The topological polar surface area (TPSA) is 84.7 Å². The van der Waals surface area contributed by atoms with Gasteiger partial charge in [0.05, 0.1) is 17.6 Å². The number of nitrogens with one attached hydrogen (secondary N) is 1. The third kappa shape index (κ3) is 3.90. The van der Waals surface area contributed by atoms with Crippen LogP contribution in [0.5, 0.6) is 0 Å². The molecule has 1 aliphatic heterocycles. The van der Waals surface area contributed by atoms with Gasteiger partial charge in [0.25, 0.3) is 5.91 Å². The lowest BCUT2D eigenvalue weighted by Crippen LogP contribution is -2.46. The summed E-state index contributed by atoms with van der Waals surface area (Å²) in [4.78, 5) is 24.6. The van der Waals surface area contributed by atoms with E-state index in [0.717, 1.165) is 6.54 Å². The molecule has 0 saturated carbocycles. The molecule has 1 heterocycles. The normalized spacial score (nSPS) is 19.2. The molecule has 114 valence electrons. The van der Waals surface area contributed by atoms with Gasteiger partial charge in [0.15, 0.2) is 0 Å². The van der Waals surface area contributed by atoms with E-state index in [1.807, 2.05) is 7.05 Å². The molecule has 1 amide bonds. The zero-order chi connectivity index (χ0) is 15.4. The molecule has 1 aliphatic rings. The van der Waals surface area contributed by atoms with Gasteiger partial charge in [0.1, 0.15) is 10.6 Å². The van der Waals surface area contributed by atoms with Crippen LogP contribution in [0.2, 0.25) is 5.02 Å². The molecule has 2 rings (SSSR count). The number of halogens is 1. The van der Waals surface area contributed by atoms with Crippen molar-refractivity contribution < 1.29 is 14.5 Å². The molecule has 1 N–H and O–H groups in total. The molecule has 0 aromatic heterocycles. The van der Waals surface area contributed by atoms with Crippen molar-refractivity contribution in [3.8, 4) is 0 Å². The van der Waals surface area contributed by atoms with Gasteiger partial charge >= 0.3 is 5.69 Å². The Labute approximate surface area is 127 Å². The van der Waals surface area contributed by atoms with Gasteiger partial charge in [-0.3, -0.25) is 14.9 Å². The molecule has 21 heavy (non-hydrogen) atoms. The van der Waals surface area contributed by atoms with Crippen molar-refractivity contribution in [3.63, 3.8) is 0 Å². The fourth-order valence-electron chi connectivity index (χ4n) is 2.18. The fraction of sp³-hybridized carbons (Fsp3) is 0.462. The van der Waals surface area contributed by atoms with Crippen LogP contribution in [0.25, 0.3) is 0 Å². The maximum atomic E-state index is 12.1. The second-order valence-electron chi connectivity index (χ2n) is 4.86. The lowest BCUT2D eigenvalue weighted by molar-refractivity contribution is -0.385. The van der Waals surface area contributed by atoms with Gasteiger partial charge < -0.3 is 15.0 Å². The largest absolute Gasteiger partial charge is 0.374 e. The van der Waals surface area contributed by atoms with Crippen molar-refractivity contribution in [2.45, 2.75) is 6.10 Å². The Kier molecular flexibility index (Phi) is 5.11. The summed E-state index contributed by atoms with van der Waals surface area (Å²) in [6.45, 7) is 2.46. The maximum Gasteiger partial charge on any atom is 0.300 e. The highest BCUT2D eigenvalue weighted by molar-refractivity contribution is 6.33. The van der Waals surface area contributed by atoms with E-state index >= 15 is 0 Å². The summed E-state index contributed by atoms with van der Waals surface area (Å²) < 4.78 is 5.52. The number of amides is 1. The van der Waals surface area contributed by atoms with Crippen LogP contribution in [-0.4, -0.2) is 55.1 Å². The Morgan fingerprint density at radius 3 is 3.05 bits per heavy atom. The monoisotopic (exact) mass is 313 g/mol. The second-order valence-corrected chi connectivity index (χ2v) is 5.27. The molecule has 0 spiro atoms. The van der Waals surface area contributed by atoms with Crippen LogP contribution in [-0.2, 0) is 4.74 Å². The average molecular weight is 314 g/mol. The van der Waals surface area contributed by atoms with Gasteiger partial charge in [-0.05, 0) is 19.2 Å². The molecule has 1 aromatic carbocycles. The van der Waals surface area contributed by atoms with E-state index in [4.69, 9.17) is 16.3 Å². The van der Waals surface area contributed by atoms with E-state index in [9.17, 15) is 14.9 Å². The number of likely N-dealkylation sites (N-methyl/N-ethyl adjacent to an activating group) is 1. The highest BCUT2D eigenvalue weighted by Gasteiger charge is 2.25. The van der Waals surface area contributed by atoms with Gasteiger partial charge in [-0.25, -0.2) is 0 Å². The van der Waals surface area contributed by atoms with Gasteiger partial charge in [0.2, 0.25) is 0 Å². The third-order valence-electron chi connectivity index (χ3n) is 3.25. The lowest BCUT2D eigenvalue weighted by atomic mass is 10.1. The Morgan fingerprint density at radius 2 is 2.38 bits per heavy atom. The van der Waals surface area contributed by atoms with Crippen LogP contribution < -0.4 is 5.32 Å². The first kappa shape index (κ1) is 15.7. The van der Waals surface area contributed by atoms with Crippen LogP contribution in [0.1, 0.15) is 10.4 Å². The number of rotatable bonds is 4. The van der Waals surface area contributed by atoms with Crippen LogP contribution in [0.15, 0.2) is 18.2 Å². The summed E-state index contributed by atoms with van der Waals surface area (Å²) >= 11 is 5.78. The van der Waals surface area contributed by atoms with Crippen molar-refractivity contribution in [3.05, 3.63) is 38.9 Å². The van der Waals surface area contributed by atoms with Gasteiger partial charge in [-0.15, -0.1) is 0 Å². The number of carbonyl (C=O) groups is 1. The number of hydrogen-bond acceptors (Lipinski definition) is 5. The number of nitro groups is 1. The van der Waals surface area contributed by atoms with Crippen LogP contribution in [0.3, 0.4) is 0 Å². The molecule has 1 saturated heterocycles. The number of carbonyl (C=O) groups excluding carboxylic acids is 1. The van der Waals surface area contributed by atoms with Crippen molar-refractivity contribution >= 4 is 23.2 Å². The summed E-state index contributed by atoms with van der Waals surface area (Å²) in [7, 11) is 1.97. The molecule has 7 nitrogen and oxygen atoms in total. The lowest BCUT2D eigenvalue weighted by Gasteiger charge is -2.30. The quantitative estimate of drug-likeness (QED) is 0.669. The SMILES string of the molecule is CN1CCOC(CNC(=O)c2cccc(Cl)c2[N+](=O)[O-])C1. The highest BCUT2D eigenvalue weighted by Crippen LogP contribution is 2.27. The molecule has 1 aromatic rings. The molecule has 1 fully saturated rings. The Bertz CT molecular complexity index is 552. The second kappa shape index (κ2) is 6.84. The summed E-state index contributed by atoms with van der Waals surface area (Å²) in [5, 5.41) is 13.6. The Hall–Kier alpha value is -1.70. The minimum atomic E-state index is -0.651. The summed E-state index contributed by atoms with van der Waals surface area (Å²) in [6, 6.07) is 4.28. The standard InChI is InChI=1S/C13H16ClN3O4/c1-16-5-6-21-9(8-16)7-15-13(18)10-3-2-4-11(14)12(10)17(19)20/h2-4,9H,5-8H2,1H3,(H,15,18). The number of benzene rings is 1. The van der Waals surface area contributed by atoms with Crippen LogP contribution in [0, 0.1) is 10.1 Å². The zero-order valence-electron chi connectivity index (χ0n) is 11.5. The fourth-order valence-corrected chi connectivity index (χ4v) is 2.42. The molecule has 0 bridgehead atoms. The van der Waals surface area contributed by atoms with Crippen molar-refractivity contribution in [1.82, 2.24) is 10.2 Å². The Morgan fingerprint density at radius 1 is 1.62 bits per heavy atom. The van der Waals surface area contributed by atoms with E-state index in [1.54, 1.807) is 0 Å². The van der Waals surface area contributed by atoms with E-state index in [-0.39, 0.29) is 22.4 Å². The van der Waals surface area contributed by atoms with Crippen LogP contribution in [0.4, 0.5) is 5.69 Å². The first-order chi connectivity index (χ1) is 9.99. The van der Waals surface area contributed by atoms with Crippen molar-refractivity contribution in [2.75, 3.05) is 33.3 Å². The predicted molar refractivity (Wildman–Crippen MR) is 77.7 cm³/mol. The number of para-hydroxylation sites is 1. The molecule has 1 unspecified atom stereocenters. The molecule has 8 heteroatoms. The summed E-state index contributed by atoms with van der Waals surface area (Å²) in [5.74, 6) is -0.527. The third-order valence-corrected chi connectivity index (χ3v) is 3.55. The summed E-state index contributed by atoms with van der Waals surface area (Å²) in [5.41, 5.74) is -0.421. The Balaban J connectivity index is 2.04. The van der Waals surface area contributed by atoms with E-state index in [0.29, 0.717) is 19.7 Å². The molecule has 0 radical (unpaired) electrons. The number of nitrogens with zero attached hydrogens (tertiary/aromatic N) is 2. The molecular formula is C13H16ClN3O4. The van der Waals surface area contributed by atoms with E-state index in [1.165, 1.54) is 18.2 Å². The first-order valence-corrected chi connectivity index (χ1v) is 6.88. The summed E-state index contributed by atoms with van der Waals surface area (Å²) in [6.07, 6.45) is -0.119. The van der Waals surface area contributed by atoms with Gasteiger partial charge in [-0.1, -0.05) is 17.7 Å². The molecule has 1 atom stereocenters. The van der Waals surface area contributed by atoms with Crippen molar-refractivity contribution in [1.29, 1.82) is 0 Å². The predicted octanol–water partition coefficient (Wildman–Crippen LogP) is 1.31. The maximum absolute atomic E-state index is 12.1. The van der Waals surface area contributed by atoms with E-state index < -0.39 is 10.8 Å². The number of ether oxygens (including phenoxy) is 1. The minimum Gasteiger partial charge on any atom is -0.374 e. The van der Waals surface area contributed by atoms with E-state index in [2.05, 4.69) is 10.2 Å². The minimum absolute atomic E-state index is 0.0448. The molecular weight excluding hydrogens is 298 g/mol. The number of hydrogen-bond donors (Lipinski definition) is 1. The first-order valence-electron chi connectivity index (χ1n) is 6.50. The zero-order valence-corrected chi connectivity index (χ0v) is 12.3. The highest BCUT2D eigenvalue weighted by atomic mass is 35.5. The average Bonchev–Trinajstić information content (AvgIpc) is 2.44. The van der Waals surface area contributed by atoms with Gasteiger partial charge in [-0.2, -0.15) is 0 Å². The van der Waals surface area contributed by atoms with Crippen LogP contribution >= 0.6 is 11.6 Å².